The van der Waals surface area contributed by atoms with E-state index >= 15 is 0 Å². The number of nitrogens with one attached hydrogen (secondary N) is 2. The molecule has 1 aromatic heterocycles. The first kappa shape index (κ1) is 16.3. The van der Waals surface area contributed by atoms with Gasteiger partial charge in [-0.1, -0.05) is 12.1 Å². The maximum absolute atomic E-state index is 13.6. The number of benzene rings is 2. The van der Waals surface area contributed by atoms with E-state index in [0.717, 1.165) is 16.5 Å². The first-order valence-electron chi connectivity index (χ1n) is 8.45. The average Bonchev–Trinajstić information content (AvgIpc) is 2.63. The van der Waals surface area contributed by atoms with Crippen LogP contribution in [0.25, 0.3) is 10.8 Å². The molecule has 2 heterocycles. The Balaban J connectivity index is 1.56. The van der Waals surface area contributed by atoms with Gasteiger partial charge < -0.3 is 15.4 Å². The standard InChI is InChI=1S/C20H18FN3O2/c1-12-9-15-13(11-22-12)3-2-4-17(15)23-20(25)24-18-7-8-26-19-6-5-14(21)10-16(18)19/h2-6,9-11,18H,7-8H2,1H3,(H2,23,24,25). The molecular formula is C20H18FN3O2. The fourth-order valence-electron chi connectivity index (χ4n) is 3.22. The van der Waals surface area contributed by atoms with Crippen LogP contribution >= 0.6 is 0 Å². The van der Waals surface area contributed by atoms with Gasteiger partial charge >= 0.3 is 6.03 Å². The average molecular weight is 351 g/mol. The maximum Gasteiger partial charge on any atom is 0.319 e. The number of pyridine rings is 1. The van der Waals surface area contributed by atoms with Crippen molar-refractivity contribution in [1.29, 1.82) is 0 Å². The molecule has 6 heteroatoms. The molecule has 0 aliphatic carbocycles. The third-order valence-electron chi connectivity index (χ3n) is 4.47. The largest absolute Gasteiger partial charge is 0.493 e. The number of hydrogen-bond donors (Lipinski definition) is 2. The van der Waals surface area contributed by atoms with E-state index in [4.69, 9.17) is 4.74 Å². The first-order valence-corrected chi connectivity index (χ1v) is 8.45. The van der Waals surface area contributed by atoms with Gasteiger partial charge in [-0.05, 0) is 37.3 Å². The minimum absolute atomic E-state index is 0.298. The Morgan fingerprint density at radius 3 is 3.04 bits per heavy atom. The number of halogens is 1. The molecule has 26 heavy (non-hydrogen) atoms. The van der Waals surface area contributed by atoms with E-state index in [1.54, 1.807) is 12.3 Å². The smallest absolute Gasteiger partial charge is 0.319 e. The van der Waals surface area contributed by atoms with Gasteiger partial charge in [0.25, 0.3) is 0 Å². The fraction of sp³-hybridized carbons (Fsp3) is 0.200. The number of rotatable bonds is 2. The van der Waals surface area contributed by atoms with Crippen molar-refractivity contribution in [2.45, 2.75) is 19.4 Å². The number of nitrogens with zero attached hydrogens (tertiary/aromatic N) is 1. The van der Waals surface area contributed by atoms with Gasteiger partial charge in [-0.3, -0.25) is 4.98 Å². The lowest BCUT2D eigenvalue weighted by Gasteiger charge is -2.26. The number of carbonyl (C=O) groups is 1. The van der Waals surface area contributed by atoms with E-state index in [0.29, 0.717) is 30.0 Å². The van der Waals surface area contributed by atoms with Gasteiger partial charge in [-0.25, -0.2) is 9.18 Å². The van der Waals surface area contributed by atoms with Crippen LogP contribution in [-0.4, -0.2) is 17.6 Å². The minimum Gasteiger partial charge on any atom is -0.493 e. The summed E-state index contributed by atoms with van der Waals surface area (Å²) >= 11 is 0. The van der Waals surface area contributed by atoms with Crippen molar-refractivity contribution in [2.75, 3.05) is 11.9 Å². The van der Waals surface area contributed by atoms with E-state index in [-0.39, 0.29) is 17.9 Å². The molecule has 3 aromatic rings. The number of carbonyl (C=O) groups excluding carboxylic acids is 1. The van der Waals surface area contributed by atoms with Crippen LogP contribution in [0.1, 0.15) is 23.7 Å². The predicted molar refractivity (Wildman–Crippen MR) is 97.9 cm³/mol. The number of amides is 2. The van der Waals surface area contributed by atoms with Gasteiger partial charge in [-0.15, -0.1) is 0 Å². The second-order valence-electron chi connectivity index (χ2n) is 6.32. The topological polar surface area (TPSA) is 63.2 Å². The SMILES string of the molecule is Cc1cc2c(NC(=O)NC3CCOc4ccc(F)cc43)cccc2cn1. The second-order valence-corrected chi connectivity index (χ2v) is 6.32. The molecule has 2 aromatic carbocycles. The number of fused-ring (bicyclic) bond motifs is 2. The van der Waals surface area contributed by atoms with Gasteiger partial charge in [0.05, 0.1) is 18.3 Å². The zero-order valence-electron chi connectivity index (χ0n) is 14.3. The van der Waals surface area contributed by atoms with Gasteiger partial charge in [0.1, 0.15) is 11.6 Å². The lowest BCUT2D eigenvalue weighted by molar-refractivity contribution is 0.232. The van der Waals surface area contributed by atoms with Gasteiger partial charge in [0, 0.05) is 34.6 Å². The van der Waals surface area contributed by atoms with Crippen molar-refractivity contribution in [3.63, 3.8) is 0 Å². The molecule has 2 N–H and O–H groups in total. The molecule has 5 nitrogen and oxygen atoms in total. The Morgan fingerprint density at radius 1 is 1.27 bits per heavy atom. The number of ether oxygens (including phenoxy) is 1. The summed E-state index contributed by atoms with van der Waals surface area (Å²) in [6.07, 6.45) is 2.37. The molecule has 0 saturated carbocycles. The van der Waals surface area contributed by atoms with Gasteiger partial charge in [0.15, 0.2) is 0 Å². The van der Waals surface area contributed by atoms with Gasteiger partial charge in [0.2, 0.25) is 0 Å². The quantitative estimate of drug-likeness (QED) is 0.722. The molecule has 0 spiro atoms. The zero-order chi connectivity index (χ0) is 18.1. The monoisotopic (exact) mass is 351 g/mol. The van der Waals surface area contributed by atoms with Crippen molar-refractivity contribution in [3.8, 4) is 5.75 Å². The summed E-state index contributed by atoms with van der Waals surface area (Å²) in [6.45, 7) is 2.38. The second kappa shape index (κ2) is 6.63. The van der Waals surface area contributed by atoms with E-state index in [1.165, 1.54) is 12.1 Å². The number of anilines is 1. The molecule has 1 unspecified atom stereocenters. The third-order valence-corrected chi connectivity index (χ3v) is 4.47. The number of aryl methyl sites for hydroxylation is 1. The predicted octanol–water partition coefficient (Wildman–Crippen LogP) is 4.33. The number of hydrogen-bond acceptors (Lipinski definition) is 3. The Kier molecular flexibility index (Phi) is 4.16. The Hall–Kier alpha value is -3.15. The van der Waals surface area contributed by atoms with E-state index in [9.17, 15) is 9.18 Å². The molecule has 132 valence electrons. The van der Waals surface area contributed by atoms with Crippen LogP contribution in [0.2, 0.25) is 0 Å². The summed E-state index contributed by atoms with van der Waals surface area (Å²) in [5.41, 5.74) is 2.24. The number of urea groups is 1. The summed E-state index contributed by atoms with van der Waals surface area (Å²) in [5.74, 6) is 0.258. The lowest BCUT2D eigenvalue weighted by atomic mass is 10.0. The highest BCUT2D eigenvalue weighted by atomic mass is 19.1. The number of aromatic nitrogens is 1. The minimum atomic E-state index is -0.349. The Bertz CT molecular complexity index is 990. The molecule has 1 aliphatic heterocycles. The molecule has 2 amide bonds. The molecule has 0 radical (unpaired) electrons. The van der Waals surface area contributed by atoms with Crippen molar-refractivity contribution in [1.82, 2.24) is 10.3 Å². The van der Waals surface area contributed by atoms with Crippen LogP contribution < -0.4 is 15.4 Å². The van der Waals surface area contributed by atoms with Crippen LogP contribution in [0.4, 0.5) is 14.9 Å². The zero-order valence-corrected chi connectivity index (χ0v) is 14.3. The summed E-state index contributed by atoms with van der Waals surface area (Å²) in [4.78, 5) is 16.8. The highest BCUT2D eigenvalue weighted by Crippen LogP contribution is 2.32. The maximum atomic E-state index is 13.6. The van der Waals surface area contributed by atoms with Crippen molar-refractivity contribution >= 4 is 22.5 Å². The molecule has 4 rings (SSSR count). The first-order chi connectivity index (χ1) is 12.6. The summed E-state index contributed by atoms with van der Waals surface area (Å²) in [7, 11) is 0. The van der Waals surface area contributed by atoms with Crippen molar-refractivity contribution in [3.05, 3.63) is 65.7 Å². The highest BCUT2D eigenvalue weighted by Gasteiger charge is 2.23. The Labute approximate surface area is 150 Å². The fourth-order valence-corrected chi connectivity index (χ4v) is 3.22. The molecule has 0 bridgehead atoms. The molecule has 1 aliphatic rings. The molecule has 0 saturated heterocycles. The van der Waals surface area contributed by atoms with Gasteiger partial charge in [-0.2, -0.15) is 0 Å². The highest BCUT2D eigenvalue weighted by molar-refractivity contribution is 6.01. The van der Waals surface area contributed by atoms with Crippen LogP contribution in [-0.2, 0) is 0 Å². The molecule has 1 atom stereocenters. The van der Waals surface area contributed by atoms with Crippen LogP contribution in [0.15, 0.2) is 48.7 Å². The van der Waals surface area contributed by atoms with Crippen LogP contribution in [0, 0.1) is 12.7 Å². The molecular weight excluding hydrogens is 333 g/mol. The summed E-state index contributed by atoms with van der Waals surface area (Å²) < 4.78 is 19.1. The Morgan fingerprint density at radius 2 is 2.15 bits per heavy atom. The van der Waals surface area contributed by atoms with Crippen LogP contribution in [0.3, 0.4) is 0 Å². The molecule has 0 fully saturated rings. The van der Waals surface area contributed by atoms with E-state index in [1.807, 2.05) is 31.2 Å². The normalized spacial score (nSPS) is 15.8. The van der Waals surface area contributed by atoms with E-state index < -0.39 is 0 Å². The van der Waals surface area contributed by atoms with E-state index in [2.05, 4.69) is 15.6 Å². The lowest BCUT2D eigenvalue weighted by Crippen LogP contribution is -2.35. The van der Waals surface area contributed by atoms with Crippen LogP contribution in [0.5, 0.6) is 5.75 Å². The van der Waals surface area contributed by atoms with Crippen molar-refractivity contribution in [2.24, 2.45) is 0 Å². The van der Waals surface area contributed by atoms with Crippen molar-refractivity contribution < 1.29 is 13.9 Å². The summed E-state index contributed by atoms with van der Waals surface area (Å²) in [5, 5.41) is 7.69. The third kappa shape index (κ3) is 3.18. The summed E-state index contributed by atoms with van der Waals surface area (Å²) in [6, 6.07) is 11.3.